The summed E-state index contributed by atoms with van der Waals surface area (Å²) in [7, 11) is 0. The number of aromatic nitrogens is 4. The molecule has 2 aromatic heterocycles. The minimum atomic E-state index is -3.56. The first kappa shape index (κ1) is 9.07. The van der Waals surface area contributed by atoms with Crippen LogP contribution in [-0.4, -0.2) is 19.9 Å². The summed E-state index contributed by atoms with van der Waals surface area (Å²) in [6.07, 6.45) is 1.13. The predicted octanol–water partition coefficient (Wildman–Crippen LogP) is 1.22. The molecule has 0 radical (unpaired) electrons. The van der Waals surface area contributed by atoms with Crippen LogP contribution in [0, 0.1) is 0 Å². The minimum Gasteiger partial charge on any atom is -0.382 e. The van der Waals surface area contributed by atoms with Gasteiger partial charge in [0.15, 0.2) is 17.3 Å². The van der Waals surface area contributed by atoms with Crippen LogP contribution >= 0.6 is 11.6 Å². The molecule has 5 nitrogen and oxygen atoms in total. The molecule has 14 heavy (non-hydrogen) atoms. The standard InChI is InChI=1S/C6H4ClF2N5/c7-6(8,9)5-13-2-3(10)11-1-12-4(2)14-5/h1H,(H3,10,11,12,13,14). The van der Waals surface area contributed by atoms with E-state index in [0.717, 1.165) is 6.33 Å². The van der Waals surface area contributed by atoms with Gasteiger partial charge in [-0.2, -0.15) is 8.78 Å². The first-order chi connectivity index (χ1) is 6.48. The molecule has 0 saturated heterocycles. The number of nitrogens with two attached hydrogens (primary N) is 1. The third kappa shape index (κ3) is 1.35. The number of alkyl halides is 3. The third-order valence-electron chi connectivity index (χ3n) is 1.59. The molecule has 2 heterocycles. The van der Waals surface area contributed by atoms with Crippen molar-refractivity contribution in [3.63, 3.8) is 0 Å². The number of halogens is 3. The fourth-order valence-corrected chi connectivity index (χ4v) is 1.07. The van der Waals surface area contributed by atoms with Crippen LogP contribution in [0.2, 0.25) is 0 Å². The molecule has 0 aromatic carbocycles. The van der Waals surface area contributed by atoms with E-state index in [1.807, 2.05) is 0 Å². The summed E-state index contributed by atoms with van der Waals surface area (Å²) < 4.78 is 25.2. The zero-order valence-electron chi connectivity index (χ0n) is 6.63. The number of nitrogens with zero attached hydrogens (tertiary/aromatic N) is 3. The largest absolute Gasteiger partial charge is 0.382 e. The summed E-state index contributed by atoms with van der Waals surface area (Å²) in [5, 5.41) is -3.56. The van der Waals surface area contributed by atoms with Crippen molar-refractivity contribution in [2.24, 2.45) is 0 Å². The van der Waals surface area contributed by atoms with Gasteiger partial charge in [-0.05, 0) is 11.6 Å². The molecule has 3 N–H and O–H groups in total. The number of anilines is 1. The van der Waals surface area contributed by atoms with Crippen molar-refractivity contribution in [1.29, 1.82) is 0 Å². The summed E-state index contributed by atoms with van der Waals surface area (Å²) >= 11 is 4.77. The van der Waals surface area contributed by atoms with E-state index in [4.69, 9.17) is 17.3 Å². The van der Waals surface area contributed by atoms with E-state index in [2.05, 4.69) is 19.9 Å². The second-order valence-corrected chi connectivity index (χ2v) is 3.02. The predicted molar refractivity (Wildman–Crippen MR) is 45.8 cm³/mol. The highest BCUT2D eigenvalue weighted by atomic mass is 35.5. The van der Waals surface area contributed by atoms with E-state index in [1.54, 1.807) is 0 Å². The summed E-state index contributed by atoms with van der Waals surface area (Å²) in [6, 6.07) is 0. The van der Waals surface area contributed by atoms with Crippen molar-refractivity contribution >= 4 is 28.6 Å². The van der Waals surface area contributed by atoms with Crippen LogP contribution in [-0.2, 0) is 5.38 Å². The smallest absolute Gasteiger partial charge is 0.379 e. The SMILES string of the molecule is Nc1ncnc2nc(C(F)(F)Cl)[nH]c12. The topological polar surface area (TPSA) is 80.5 Å². The van der Waals surface area contributed by atoms with Crippen LogP contribution in [0.1, 0.15) is 5.82 Å². The Morgan fingerprint density at radius 2 is 2.14 bits per heavy atom. The minimum absolute atomic E-state index is 0.0506. The maximum Gasteiger partial charge on any atom is 0.379 e. The van der Waals surface area contributed by atoms with Gasteiger partial charge in [0.2, 0.25) is 0 Å². The number of hydrogen-bond acceptors (Lipinski definition) is 4. The van der Waals surface area contributed by atoms with E-state index in [0.29, 0.717) is 0 Å². The molecule has 0 atom stereocenters. The average molecular weight is 220 g/mol. The molecule has 0 saturated carbocycles. The molecule has 0 unspecified atom stereocenters. The molecule has 0 aliphatic heterocycles. The maximum atomic E-state index is 12.6. The number of hydrogen-bond donors (Lipinski definition) is 2. The number of rotatable bonds is 1. The molecular weight excluding hydrogens is 216 g/mol. The summed E-state index contributed by atoms with van der Waals surface area (Å²) in [4.78, 5) is 13.0. The van der Waals surface area contributed by atoms with Gasteiger partial charge in [0.05, 0.1) is 0 Å². The Morgan fingerprint density at radius 3 is 2.71 bits per heavy atom. The molecule has 8 heteroatoms. The molecule has 2 rings (SSSR count). The maximum absolute atomic E-state index is 12.6. The number of aromatic amines is 1. The lowest BCUT2D eigenvalue weighted by Gasteiger charge is -2.00. The summed E-state index contributed by atoms with van der Waals surface area (Å²) in [5.41, 5.74) is 5.62. The van der Waals surface area contributed by atoms with Crippen LogP contribution < -0.4 is 5.73 Å². The van der Waals surface area contributed by atoms with Gasteiger partial charge >= 0.3 is 5.38 Å². The Morgan fingerprint density at radius 1 is 1.43 bits per heavy atom. The van der Waals surface area contributed by atoms with E-state index in [-0.39, 0.29) is 17.0 Å². The van der Waals surface area contributed by atoms with Gasteiger partial charge in [-0.15, -0.1) is 0 Å². The van der Waals surface area contributed by atoms with Crippen molar-refractivity contribution in [2.75, 3.05) is 5.73 Å². The lowest BCUT2D eigenvalue weighted by atomic mass is 10.5. The molecule has 0 spiro atoms. The van der Waals surface area contributed by atoms with Crippen molar-refractivity contribution in [2.45, 2.75) is 5.38 Å². The molecule has 0 fully saturated rings. The molecule has 0 aliphatic carbocycles. The fraction of sp³-hybridized carbons (Fsp3) is 0.167. The zero-order valence-corrected chi connectivity index (χ0v) is 7.39. The molecule has 2 aromatic rings. The third-order valence-corrected chi connectivity index (χ3v) is 1.77. The van der Waals surface area contributed by atoms with Gasteiger partial charge in [-0.3, -0.25) is 0 Å². The highest BCUT2D eigenvalue weighted by Crippen LogP contribution is 2.31. The van der Waals surface area contributed by atoms with Gasteiger partial charge < -0.3 is 10.7 Å². The van der Waals surface area contributed by atoms with Crippen molar-refractivity contribution in [1.82, 2.24) is 19.9 Å². The van der Waals surface area contributed by atoms with Crippen molar-refractivity contribution < 1.29 is 8.78 Å². The molecular formula is C6H4ClF2N5. The van der Waals surface area contributed by atoms with Crippen LogP contribution in [0.5, 0.6) is 0 Å². The van der Waals surface area contributed by atoms with Crippen molar-refractivity contribution in [3.05, 3.63) is 12.2 Å². The van der Waals surface area contributed by atoms with Gasteiger partial charge in [0, 0.05) is 0 Å². The number of imidazole rings is 1. The Balaban J connectivity index is 2.69. The quantitative estimate of drug-likeness (QED) is 0.707. The summed E-state index contributed by atoms with van der Waals surface area (Å²) in [6.45, 7) is 0. The Hall–Kier alpha value is -1.50. The van der Waals surface area contributed by atoms with E-state index in [1.165, 1.54) is 0 Å². The first-order valence-electron chi connectivity index (χ1n) is 3.52. The molecule has 0 bridgehead atoms. The van der Waals surface area contributed by atoms with Crippen LogP contribution in [0.4, 0.5) is 14.6 Å². The highest BCUT2D eigenvalue weighted by molar-refractivity contribution is 6.21. The molecule has 74 valence electrons. The normalized spacial score (nSPS) is 12.2. The second kappa shape index (κ2) is 2.74. The zero-order chi connectivity index (χ0) is 10.3. The van der Waals surface area contributed by atoms with Crippen LogP contribution in [0.15, 0.2) is 6.33 Å². The van der Waals surface area contributed by atoms with Crippen molar-refractivity contribution in [3.8, 4) is 0 Å². The van der Waals surface area contributed by atoms with Crippen LogP contribution in [0.25, 0.3) is 11.2 Å². The Bertz CT molecular complexity index is 477. The van der Waals surface area contributed by atoms with E-state index < -0.39 is 11.2 Å². The lowest BCUT2D eigenvalue weighted by Crippen LogP contribution is -2.05. The summed E-state index contributed by atoms with van der Waals surface area (Å²) in [5.74, 6) is -0.643. The first-order valence-corrected chi connectivity index (χ1v) is 3.89. The van der Waals surface area contributed by atoms with E-state index in [9.17, 15) is 8.78 Å². The number of nitrogen functional groups attached to an aromatic ring is 1. The van der Waals surface area contributed by atoms with Gasteiger partial charge in [-0.25, -0.2) is 15.0 Å². The van der Waals surface area contributed by atoms with Gasteiger partial charge in [0.1, 0.15) is 11.8 Å². The van der Waals surface area contributed by atoms with Crippen LogP contribution in [0.3, 0.4) is 0 Å². The van der Waals surface area contributed by atoms with Gasteiger partial charge in [-0.1, -0.05) is 0 Å². The number of nitrogens with one attached hydrogen (secondary N) is 1. The van der Waals surface area contributed by atoms with Gasteiger partial charge in [0.25, 0.3) is 0 Å². The number of fused-ring (bicyclic) bond motifs is 1. The lowest BCUT2D eigenvalue weighted by molar-refractivity contribution is 0.0858. The van der Waals surface area contributed by atoms with E-state index >= 15 is 0 Å². The average Bonchev–Trinajstić information content (AvgIpc) is 2.48. The Kier molecular flexibility index (Phi) is 1.78. The molecule has 0 amide bonds. The Labute approximate surface area is 81.3 Å². The highest BCUT2D eigenvalue weighted by Gasteiger charge is 2.32. The fourth-order valence-electron chi connectivity index (χ4n) is 0.981. The monoisotopic (exact) mass is 219 g/mol. The number of H-pyrrole nitrogens is 1. The molecule has 0 aliphatic rings. The second-order valence-electron chi connectivity index (χ2n) is 2.54.